The zero-order valence-electron chi connectivity index (χ0n) is 14.8. The van der Waals surface area contributed by atoms with Crippen LogP contribution in [0.1, 0.15) is 29.0 Å². The maximum atomic E-state index is 12.3. The van der Waals surface area contributed by atoms with Gasteiger partial charge in [-0.15, -0.1) is 11.3 Å². The lowest BCUT2D eigenvalue weighted by Gasteiger charge is -2.32. The highest BCUT2D eigenvalue weighted by Gasteiger charge is 2.29. The zero-order chi connectivity index (χ0) is 18.4. The number of amides is 1. The van der Waals surface area contributed by atoms with Crippen molar-refractivity contribution >= 4 is 17.2 Å². The third-order valence-electron chi connectivity index (χ3n) is 4.47. The van der Waals surface area contributed by atoms with Gasteiger partial charge in [-0.2, -0.15) is 0 Å². The first-order valence-corrected chi connectivity index (χ1v) is 9.66. The summed E-state index contributed by atoms with van der Waals surface area (Å²) in [7, 11) is 0. The molecule has 1 aromatic carbocycles. The average Bonchev–Trinajstić information content (AvgIpc) is 3.07. The lowest BCUT2D eigenvalue weighted by Crippen LogP contribution is -2.51. The van der Waals surface area contributed by atoms with Gasteiger partial charge in [0.1, 0.15) is 11.9 Å². The molecule has 1 aliphatic heterocycles. The van der Waals surface area contributed by atoms with Crippen LogP contribution in [0.2, 0.25) is 0 Å². The largest absolute Gasteiger partial charge is 0.486 e. The molecule has 0 aliphatic carbocycles. The van der Waals surface area contributed by atoms with Crippen molar-refractivity contribution in [1.82, 2.24) is 10.3 Å². The van der Waals surface area contributed by atoms with Crippen molar-refractivity contribution in [2.45, 2.75) is 44.9 Å². The Morgan fingerprint density at radius 1 is 1.42 bits per heavy atom. The maximum Gasteiger partial charge on any atom is 0.220 e. The third-order valence-corrected chi connectivity index (χ3v) is 5.46. The van der Waals surface area contributed by atoms with Crippen molar-refractivity contribution < 1.29 is 19.4 Å². The van der Waals surface area contributed by atoms with E-state index in [0.717, 1.165) is 22.6 Å². The number of aryl methyl sites for hydroxylation is 2. The minimum absolute atomic E-state index is 0.00470. The summed E-state index contributed by atoms with van der Waals surface area (Å²) in [6, 6.07) is 7.22. The van der Waals surface area contributed by atoms with Crippen LogP contribution in [0.15, 0.2) is 29.8 Å². The fourth-order valence-corrected chi connectivity index (χ4v) is 3.69. The molecule has 2 atom stereocenters. The summed E-state index contributed by atoms with van der Waals surface area (Å²) in [4.78, 5) is 17.7. The number of thiazole rings is 1. The predicted octanol–water partition coefficient (Wildman–Crippen LogP) is 2.23. The van der Waals surface area contributed by atoms with Crippen molar-refractivity contribution in [2.75, 3.05) is 13.2 Å². The highest BCUT2D eigenvalue weighted by atomic mass is 32.1. The fraction of sp³-hybridized carbons (Fsp3) is 0.474. The number of hydrogen-bond donors (Lipinski definition) is 2. The number of rotatable bonds is 7. The van der Waals surface area contributed by atoms with E-state index in [2.05, 4.69) is 10.3 Å². The van der Waals surface area contributed by atoms with Gasteiger partial charge in [-0.3, -0.25) is 4.79 Å². The van der Waals surface area contributed by atoms with E-state index in [1.54, 1.807) is 11.3 Å². The lowest BCUT2D eigenvalue weighted by atomic mass is 10.1. The third kappa shape index (κ3) is 5.03. The quantitative estimate of drug-likeness (QED) is 0.775. The van der Waals surface area contributed by atoms with Crippen LogP contribution in [0.5, 0.6) is 5.75 Å². The van der Waals surface area contributed by atoms with Crippen molar-refractivity contribution in [1.29, 1.82) is 0 Å². The summed E-state index contributed by atoms with van der Waals surface area (Å²) in [6.07, 6.45) is 1.65. The molecule has 0 spiro atoms. The highest BCUT2D eigenvalue weighted by Crippen LogP contribution is 2.19. The molecule has 1 saturated heterocycles. The maximum absolute atomic E-state index is 12.3. The standard InChI is InChI=1S/C19H24N2O4S/c1-13-18(26-12-20-13)6-7-19(23)21-16-8-9-24-11-17(16)25-15-4-2-14(10-22)3-5-15/h2-5,12,16-17,22H,6-11H2,1H3,(H,21,23)/t16-,17-/m1/s1. The van der Waals surface area contributed by atoms with Gasteiger partial charge in [0.2, 0.25) is 5.91 Å². The molecule has 2 heterocycles. The van der Waals surface area contributed by atoms with Crippen LogP contribution < -0.4 is 10.1 Å². The topological polar surface area (TPSA) is 80.7 Å². The molecule has 6 nitrogen and oxygen atoms in total. The van der Waals surface area contributed by atoms with Crippen LogP contribution in [-0.4, -0.2) is 41.4 Å². The first-order valence-electron chi connectivity index (χ1n) is 8.78. The van der Waals surface area contributed by atoms with Gasteiger partial charge in [0, 0.05) is 17.9 Å². The summed E-state index contributed by atoms with van der Waals surface area (Å²) in [5, 5.41) is 12.2. The van der Waals surface area contributed by atoms with Gasteiger partial charge < -0.3 is 19.9 Å². The summed E-state index contributed by atoms with van der Waals surface area (Å²) < 4.78 is 11.5. The number of aromatic nitrogens is 1. The molecule has 0 saturated carbocycles. The second-order valence-corrected chi connectivity index (χ2v) is 7.30. The van der Waals surface area contributed by atoms with Gasteiger partial charge >= 0.3 is 0 Å². The molecule has 2 N–H and O–H groups in total. The normalized spacial score (nSPS) is 19.9. The first-order chi connectivity index (χ1) is 12.7. The van der Waals surface area contributed by atoms with Crippen LogP contribution in [0.3, 0.4) is 0 Å². The van der Waals surface area contributed by atoms with Crippen molar-refractivity contribution in [3.05, 3.63) is 45.9 Å². The Bertz CT molecular complexity index is 717. The number of nitrogens with one attached hydrogen (secondary N) is 1. The van der Waals surface area contributed by atoms with Crippen LogP contribution in [0.25, 0.3) is 0 Å². The number of nitrogens with zero attached hydrogens (tertiary/aromatic N) is 1. The minimum Gasteiger partial charge on any atom is -0.486 e. The van der Waals surface area contributed by atoms with Gasteiger partial charge in [0.25, 0.3) is 0 Å². The Hall–Kier alpha value is -1.96. The second kappa shape index (κ2) is 9.12. The molecule has 140 valence electrons. The van der Waals surface area contributed by atoms with Crippen LogP contribution in [0.4, 0.5) is 0 Å². The smallest absolute Gasteiger partial charge is 0.220 e. The van der Waals surface area contributed by atoms with Crippen LogP contribution in [0, 0.1) is 6.92 Å². The Morgan fingerprint density at radius 2 is 2.23 bits per heavy atom. The molecular weight excluding hydrogens is 352 g/mol. The molecule has 3 rings (SSSR count). The van der Waals surface area contributed by atoms with Gasteiger partial charge in [-0.1, -0.05) is 12.1 Å². The Labute approximate surface area is 157 Å². The van der Waals surface area contributed by atoms with Gasteiger partial charge in [-0.05, 0) is 37.5 Å². The molecule has 0 radical (unpaired) electrons. The molecular formula is C19H24N2O4S. The second-order valence-electron chi connectivity index (χ2n) is 6.36. The molecule has 26 heavy (non-hydrogen) atoms. The summed E-state index contributed by atoms with van der Waals surface area (Å²) >= 11 is 1.59. The van der Waals surface area contributed by atoms with Crippen LogP contribution >= 0.6 is 11.3 Å². The van der Waals surface area contributed by atoms with E-state index in [1.165, 1.54) is 0 Å². The molecule has 7 heteroatoms. The number of carbonyl (C=O) groups excluding carboxylic acids is 1. The van der Waals surface area contributed by atoms with Crippen molar-refractivity contribution in [3.8, 4) is 5.75 Å². The molecule has 1 amide bonds. The highest BCUT2D eigenvalue weighted by molar-refractivity contribution is 7.09. The summed E-state index contributed by atoms with van der Waals surface area (Å²) in [5.74, 6) is 0.728. The lowest BCUT2D eigenvalue weighted by molar-refractivity contribution is -0.123. The van der Waals surface area contributed by atoms with E-state index >= 15 is 0 Å². The fourth-order valence-electron chi connectivity index (χ4n) is 2.91. The summed E-state index contributed by atoms with van der Waals surface area (Å²) in [6.45, 7) is 3.03. The molecule has 2 aromatic rings. The van der Waals surface area contributed by atoms with Gasteiger partial charge in [0.05, 0.1) is 30.5 Å². The number of carbonyl (C=O) groups is 1. The SMILES string of the molecule is Cc1ncsc1CCC(=O)N[C@@H]1CCOC[C@H]1Oc1ccc(CO)cc1. The van der Waals surface area contributed by atoms with Crippen molar-refractivity contribution in [2.24, 2.45) is 0 Å². The number of hydrogen-bond acceptors (Lipinski definition) is 6. The van der Waals surface area contributed by atoms with Gasteiger partial charge in [-0.25, -0.2) is 4.98 Å². The Morgan fingerprint density at radius 3 is 2.92 bits per heavy atom. The van der Waals surface area contributed by atoms with E-state index in [9.17, 15) is 4.79 Å². The van der Waals surface area contributed by atoms with Gasteiger partial charge in [0.15, 0.2) is 0 Å². The van der Waals surface area contributed by atoms with E-state index in [4.69, 9.17) is 14.6 Å². The first kappa shape index (κ1) is 18.8. The number of aliphatic hydroxyl groups is 1. The number of benzene rings is 1. The molecule has 0 bridgehead atoms. The molecule has 1 fully saturated rings. The Balaban J connectivity index is 1.54. The summed E-state index contributed by atoms with van der Waals surface area (Å²) in [5.41, 5.74) is 3.65. The molecule has 1 aromatic heterocycles. The Kier molecular flexibility index (Phi) is 6.60. The predicted molar refractivity (Wildman–Crippen MR) is 99.3 cm³/mol. The molecule has 1 aliphatic rings. The monoisotopic (exact) mass is 376 g/mol. The van der Waals surface area contributed by atoms with Crippen molar-refractivity contribution in [3.63, 3.8) is 0 Å². The van der Waals surface area contributed by atoms with E-state index in [1.807, 2.05) is 36.7 Å². The zero-order valence-corrected chi connectivity index (χ0v) is 15.6. The number of ether oxygens (including phenoxy) is 2. The van der Waals surface area contributed by atoms with E-state index in [-0.39, 0.29) is 24.7 Å². The molecule has 0 unspecified atom stereocenters. The minimum atomic E-state index is -0.224. The van der Waals surface area contributed by atoms with Crippen LogP contribution in [-0.2, 0) is 22.6 Å². The average molecular weight is 376 g/mol. The van der Waals surface area contributed by atoms with E-state index in [0.29, 0.717) is 31.8 Å². The number of aliphatic hydroxyl groups excluding tert-OH is 1. The van der Waals surface area contributed by atoms with E-state index < -0.39 is 0 Å².